The Morgan fingerprint density at radius 1 is 1.26 bits per heavy atom. The Kier molecular flexibility index (Phi) is 4.31. The van der Waals surface area contributed by atoms with Gasteiger partial charge < -0.3 is 20.1 Å². The molecule has 2 aliphatic heterocycles. The van der Waals surface area contributed by atoms with Crippen LogP contribution in [0.3, 0.4) is 0 Å². The van der Waals surface area contributed by atoms with Crippen molar-refractivity contribution in [3.05, 3.63) is 5.89 Å². The molecule has 0 atom stereocenters. The summed E-state index contributed by atoms with van der Waals surface area (Å²) >= 11 is 0. The molecule has 2 N–H and O–H groups in total. The van der Waals surface area contributed by atoms with Crippen LogP contribution in [-0.2, 0) is 11.2 Å². The second-order valence-electron chi connectivity index (χ2n) is 7.51. The minimum absolute atomic E-state index is 0.0824. The van der Waals surface area contributed by atoms with Gasteiger partial charge in [0.1, 0.15) is 5.54 Å². The van der Waals surface area contributed by atoms with Crippen molar-refractivity contribution >= 4 is 11.9 Å². The zero-order chi connectivity index (χ0) is 16.5. The van der Waals surface area contributed by atoms with Crippen LogP contribution < -0.4 is 15.5 Å². The number of hydrogen-bond donors (Lipinski definition) is 2. The molecule has 2 aliphatic rings. The topological polar surface area (TPSA) is 83.3 Å². The van der Waals surface area contributed by atoms with Crippen LogP contribution in [0.1, 0.15) is 45.9 Å². The lowest BCUT2D eigenvalue weighted by molar-refractivity contribution is -0.127. The first-order valence-corrected chi connectivity index (χ1v) is 8.55. The Bertz CT molecular complexity index is 561. The van der Waals surface area contributed by atoms with Gasteiger partial charge in [-0.1, -0.05) is 20.8 Å². The van der Waals surface area contributed by atoms with Crippen LogP contribution in [-0.4, -0.2) is 47.8 Å². The fourth-order valence-corrected chi connectivity index (χ4v) is 3.22. The maximum Gasteiger partial charge on any atom is 0.266 e. The van der Waals surface area contributed by atoms with Crippen molar-refractivity contribution in [2.45, 2.75) is 52.0 Å². The van der Waals surface area contributed by atoms with E-state index >= 15 is 0 Å². The van der Waals surface area contributed by atoms with Crippen LogP contribution in [0.5, 0.6) is 0 Å². The van der Waals surface area contributed by atoms with Gasteiger partial charge in [-0.25, -0.2) is 0 Å². The molecule has 0 unspecified atom stereocenters. The summed E-state index contributed by atoms with van der Waals surface area (Å²) < 4.78 is 5.27. The zero-order valence-corrected chi connectivity index (χ0v) is 14.3. The fraction of sp³-hybridized carbons (Fsp3) is 0.812. The van der Waals surface area contributed by atoms with E-state index in [0.717, 1.165) is 51.9 Å². The van der Waals surface area contributed by atoms with Crippen LogP contribution in [0.4, 0.5) is 5.95 Å². The number of nitrogens with zero attached hydrogens (tertiary/aromatic N) is 3. The number of rotatable bonds is 3. The number of hydrogen-bond acceptors (Lipinski definition) is 6. The number of amides is 1. The Morgan fingerprint density at radius 3 is 2.70 bits per heavy atom. The van der Waals surface area contributed by atoms with Crippen molar-refractivity contribution in [1.29, 1.82) is 0 Å². The highest BCUT2D eigenvalue weighted by Crippen LogP contribution is 2.28. The molecule has 0 saturated carbocycles. The van der Waals surface area contributed by atoms with E-state index in [9.17, 15) is 4.79 Å². The van der Waals surface area contributed by atoms with Gasteiger partial charge >= 0.3 is 0 Å². The molecule has 128 valence electrons. The van der Waals surface area contributed by atoms with E-state index in [1.807, 2.05) is 0 Å². The van der Waals surface area contributed by atoms with Gasteiger partial charge in [0.2, 0.25) is 11.8 Å². The van der Waals surface area contributed by atoms with Crippen LogP contribution in [0, 0.1) is 5.41 Å². The van der Waals surface area contributed by atoms with E-state index in [1.54, 1.807) is 0 Å². The molecular weight excluding hydrogens is 294 g/mol. The van der Waals surface area contributed by atoms with Gasteiger partial charge in [0.05, 0.1) is 0 Å². The van der Waals surface area contributed by atoms with Gasteiger partial charge in [-0.15, -0.1) is 0 Å². The highest BCUT2D eigenvalue weighted by molar-refractivity contribution is 5.87. The largest absolute Gasteiger partial charge is 0.354 e. The zero-order valence-electron chi connectivity index (χ0n) is 14.3. The smallest absolute Gasteiger partial charge is 0.266 e. The molecule has 0 bridgehead atoms. The molecule has 2 saturated heterocycles. The minimum Gasteiger partial charge on any atom is -0.354 e. The fourth-order valence-electron chi connectivity index (χ4n) is 3.22. The average molecular weight is 321 g/mol. The van der Waals surface area contributed by atoms with Crippen molar-refractivity contribution in [1.82, 2.24) is 20.8 Å². The number of aromatic nitrogens is 2. The Labute approximate surface area is 137 Å². The Hall–Kier alpha value is -1.63. The highest BCUT2D eigenvalue weighted by Gasteiger charge is 2.44. The van der Waals surface area contributed by atoms with Crippen molar-refractivity contribution in [3.8, 4) is 0 Å². The number of aryl methyl sites for hydroxylation is 1. The number of carbonyl (C=O) groups is 1. The first-order valence-electron chi connectivity index (χ1n) is 8.55. The molecule has 1 aromatic heterocycles. The van der Waals surface area contributed by atoms with E-state index in [-0.39, 0.29) is 11.3 Å². The Balaban J connectivity index is 1.65. The third-order valence-corrected chi connectivity index (χ3v) is 4.89. The molecule has 0 radical (unpaired) electrons. The van der Waals surface area contributed by atoms with Gasteiger partial charge in [0.25, 0.3) is 5.95 Å². The van der Waals surface area contributed by atoms with Crippen LogP contribution >= 0.6 is 0 Å². The summed E-state index contributed by atoms with van der Waals surface area (Å²) in [6.45, 7) is 9.50. The number of nitrogens with one attached hydrogen (secondary N) is 2. The predicted molar refractivity (Wildman–Crippen MR) is 87.3 cm³/mol. The minimum atomic E-state index is -0.458. The maximum atomic E-state index is 12.6. The van der Waals surface area contributed by atoms with E-state index in [2.05, 4.69) is 46.4 Å². The summed E-state index contributed by atoms with van der Waals surface area (Å²) in [7, 11) is 0. The lowest BCUT2D eigenvalue weighted by Gasteiger charge is -2.40. The van der Waals surface area contributed by atoms with Gasteiger partial charge in [0.15, 0.2) is 0 Å². The van der Waals surface area contributed by atoms with E-state index in [0.29, 0.717) is 11.8 Å². The third kappa shape index (κ3) is 3.34. The molecular formula is C16H27N5O2. The number of anilines is 1. The normalized spacial score (nSPS) is 23.6. The second kappa shape index (κ2) is 6.11. The molecule has 1 spiro atoms. The van der Waals surface area contributed by atoms with E-state index in [4.69, 9.17) is 4.52 Å². The maximum absolute atomic E-state index is 12.6. The van der Waals surface area contributed by atoms with Gasteiger partial charge in [-0.05, 0) is 29.8 Å². The second-order valence-corrected chi connectivity index (χ2v) is 7.51. The van der Waals surface area contributed by atoms with Crippen molar-refractivity contribution in [2.24, 2.45) is 5.41 Å². The van der Waals surface area contributed by atoms with Crippen LogP contribution in [0.15, 0.2) is 4.52 Å². The summed E-state index contributed by atoms with van der Waals surface area (Å²) in [6.07, 6.45) is 3.31. The number of piperidine rings is 1. The van der Waals surface area contributed by atoms with Crippen molar-refractivity contribution in [2.75, 3.05) is 31.1 Å². The number of carbonyl (C=O) groups excluding carboxylic acids is 1. The first-order chi connectivity index (χ1) is 10.9. The molecule has 2 fully saturated rings. The van der Waals surface area contributed by atoms with Crippen LogP contribution in [0.25, 0.3) is 0 Å². The van der Waals surface area contributed by atoms with E-state index in [1.165, 1.54) is 0 Å². The molecule has 1 amide bonds. The lowest BCUT2D eigenvalue weighted by atomic mass is 9.86. The quantitative estimate of drug-likeness (QED) is 0.868. The molecule has 23 heavy (non-hydrogen) atoms. The standard InChI is InChI=1S/C16H27N5O2/c1-4-5-12-19-14(20-23-12)21-8-6-16(7-9-21)13(22)17-10-15(2,3)11-18-16/h18H,4-11H2,1-3H3,(H,17,22). The van der Waals surface area contributed by atoms with Gasteiger partial charge in [-0.2, -0.15) is 4.98 Å². The molecule has 0 aromatic carbocycles. The highest BCUT2D eigenvalue weighted by atomic mass is 16.5. The summed E-state index contributed by atoms with van der Waals surface area (Å²) in [5.41, 5.74) is -0.376. The summed E-state index contributed by atoms with van der Waals surface area (Å²) in [5, 5.41) is 10.7. The average Bonchev–Trinajstić information content (AvgIpc) is 2.96. The SMILES string of the molecule is CCCc1nc(N2CCC3(CC2)NCC(C)(C)CNC3=O)no1. The van der Waals surface area contributed by atoms with Crippen molar-refractivity contribution < 1.29 is 9.32 Å². The lowest BCUT2D eigenvalue weighted by Crippen LogP contribution is -2.60. The van der Waals surface area contributed by atoms with Crippen LogP contribution in [0.2, 0.25) is 0 Å². The molecule has 3 heterocycles. The first kappa shape index (κ1) is 16.2. The van der Waals surface area contributed by atoms with Crippen molar-refractivity contribution in [3.63, 3.8) is 0 Å². The molecule has 3 rings (SSSR count). The van der Waals surface area contributed by atoms with E-state index < -0.39 is 5.54 Å². The van der Waals surface area contributed by atoms with Gasteiger partial charge in [-0.3, -0.25) is 4.79 Å². The summed E-state index contributed by atoms with van der Waals surface area (Å²) in [5.74, 6) is 1.47. The molecule has 7 nitrogen and oxygen atoms in total. The third-order valence-electron chi connectivity index (χ3n) is 4.89. The summed E-state index contributed by atoms with van der Waals surface area (Å²) in [4.78, 5) is 19.1. The molecule has 7 heteroatoms. The summed E-state index contributed by atoms with van der Waals surface area (Å²) in [6, 6.07) is 0. The predicted octanol–water partition coefficient (Wildman–Crippen LogP) is 1.11. The monoisotopic (exact) mass is 321 g/mol. The van der Waals surface area contributed by atoms with Gasteiger partial charge in [0, 0.05) is 32.6 Å². The molecule has 1 aromatic rings. The Morgan fingerprint density at radius 2 is 2.00 bits per heavy atom. The molecule has 0 aliphatic carbocycles.